The number of halogens is 1. The maximum atomic E-state index is 13.3. The summed E-state index contributed by atoms with van der Waals surface area (Å²) in [5.41, 5.74) is 1.35. The Morgan fingerprint density at radius 1 is 1.00 bits per heavy atom. The van der Waals surface area contributed by atoms with Gasteiger partial charge in [0.25, 0.3) is 0 Å². The van der Waals surface area contributed by atoms with Crippen molar-refractivity contribution in [2.24, 2.45) is 0 Å². The van der Waals surface area contributed by atoms with Gasteiger partial charge in [0.05, 0.1) is 5.41 Å². The second-order valence-corrected chi connectivity index (χ2v) is 9.48. The molecular weight excluding hydrogens is 446 g/mol. The molecule has 0 unspecified atom stereocenters. The number of amides is 1. The van der Waals surface area contributed by atoms with Crippen LogP contribution in [0.3, 0.4) is 0 Å². The molecule has 1 saturated heterocycles. The molecule has 30 heavy (non-hydrogen) atoms. The molecule has 160 valence electrons. The summed E-state index contributed by atoms with van der Waals surface area (Å²) in [6.07, 6.45) is 1.78. The predicted molar refractivity (Wildman–Crippen MR) is 119 cm³/mol. The Kier molecular flexibility index (Phi) is 6.07. The molecule has 5 nitrogen and oxygen atoms in total. The summed E-state index contributed by atoms with van der Waals surface area (Å²) in [7, 11) is 0. The van der Waals surface area contributed by atoms with Gasteiger partial charge >= 0.3 is 0 Å². The number of fused-ring (bicyclic) bond motifs is 1. The lowest BCUT2D eigenvalue weighted by atomic mass is 9.73. The third-order valence-corrected chi connectivity index (χ3v) is 6.85. The smallest absolute Gasteiger partial charge is 0.230 e. The van der Waals surface area contributed by atoms with Crippen LogP contribution in [0.1, 0.15) is 37.8 Å². The van der Waals surface area contributed by atoms with Crippen LogP contribution in [0.25, 0.3) is 0 Å². The number of ether oxygens (including phenoxy) is 3. The molecule has 1 fully saturated rings. The molecule has 0 spiro atoms. The molecule has 0 aliphatic carbocycles. The second kappa shape index (κ2) is 8.60. The van der Waals surface area contributed by atoms with Gasteiger partial charge in [-0.3, -0.25) is 4.79 Å². The van der Waals surface area contributed by atoms with Gasteiger partial charge in [0, 0.05) is 29.6 Å². The van der Waals surface area contributed by atoms with Crippen LogP contribution in [0.5, 0.6) is 11.5 Å². The Balaban J connectivity index is 1.52. The Labute approximate surface area is 186 Å². The van der Waals surface area contributed by atoms with E-state index >= 15 is 0 Å². The average Bonchev–Trinajstić information content (AvgIpc) is 2.78. The van der Waals surface area contributed by atoms with Gasteiger partial charge in [-0.1, -0.05) is 34.1 Å². The van der Waals surface area contributed by atoms with Crippen LogP contribution in [0.15, 0.2) is 46.9 Å². The maximum absolute atomic E-state index is 13.3. The van der Waals surface area contributed by atoms with Gasteiger partial charge < -0.3 is 19.5 Å². The Morgan fingerprint density at radius 2 is 1.67 bits per heavy atom. The van der Waals surface area contributed by atoms with Crippen molar-refractivity contribution in [3.63, 3.8) is 0 Å². The van der Waals surface area contributed by atoms with Crippen molar-refractivity contribution in [2.45, 2.75) is 37.5 Å². The van der Waals surface area contributed by atoms with Crippen LogP contribution < -0.4 is 14.8 Å². The molecule has 2 aliphatic heterocycles. The first kappa shape index (κ1) is 21.2. The first-order valence-electron chi connectivity index (χ1n) is 10.4. The highest BCUT2D eigenvalue weighted by molar-refractivity contribution is 9.10. The molecule has 2 aromatic rings. The standard InChI is InChI=1S/C24H28BrNO4/c1-23(2,18-5-8-20-21(15-18)30-14-13-29-20)22(27)26-16-24(9-11-28-12-10-24)17-3-6-19(25)7-4-17/h3-8,15H,9-14,16H2,1-2H3,(H,26,27). The van der Waals surface area contributed by atoms with Crippen LogP contribution in [0, 0.1) is 0 Å². The van der Waals surface area contributed by atoms with Gasteiger partial charge in [0.15, 0.2) is 11.5 Å². The first-order chi connectivity index (χ1) is 14.4. The van der Waals surface area contributed by atoms with Crippen molar-refractivity contribution in [3.05, 3.63) is 58.1 Å². The normalized spacial score (nSPS) is 18.0. The molecule has 0 radical (unpaired) electrons. The quantitative estimate of drug-likeness (QED) is 0.700. The third-order valence-electron chi connectivity index (χ3n) is 6.33. The van der Waals surface area contributed by atoms with Crippen molar-refractivity contribution in [3.8, 4) is 11.5 Å². The summed E-state index contributed by atoms with van der Waals surface area (Å²) in [5.74, 6) is 1.44. The summed E-state index contributed by atoms with van der Waals surface area (Å²) in [6.45, 7) is 6.98. The molecule has 0 atom stereocenters. The molecule has 4 rings (SSSR count). The summed E-state index contributed by atoms with van der Waals surface area (Å²) in [4.78, 5) is 13.3. The number of carbonyl (C=O) groups excluding carboxylic acids is 1. The summed E-state index contributed by atoms with van der Waals surface area (Å²) < 4.78 is 18.0. The van der Waals surface area contributed by atoms with Gasteiger partial charge in [0.2, 0.25) is 5.91 Å². The minimum Gasteiger partial charge on any atom is -0.486 e. The molecule has 0 bridgehead atoms. The predicted octanol–water partition coefficient (Wildman–Crippen LogP) is 4.36. The maximum Gasteiger partial charge on any atom is 0.230 e. The molecule has 2 aromatic carbocycles. The largest absolute Gasteiger partial charge is 0.486 e. The second-order valence-electron chi connectivity index (χ2n) is 8.57. The van der Waals surface area contributed by atoms with E-state index in [1.807, 2.05) is 32.0 Å². The average molecular weight is 474 g/mol. The van der Waals surface area contributed by atoms with Gasteiger partial charge in [-0.2, -0.15) is 0 Å². The summed E-state index contributed by atoms with van der Waals surface area (Å²) in [5, 5.41) is 3.25. The van der Waals surface area contributed by atoms with E-state index in [2.05, 4.69) is 45.5 Å². The SMILES string of the molecule is CC(C)(C(=O)NCC1(c2ccc(Br)cc2)CCOCC1)c1ccc2c(c1)OCCO2. The van der Waals surface area contributed by atoms with Crippen molar-refractivity contribution < 1.29 is 19.0 Å². The minimum atomic E-state index is -0.693. The fourth-order valence-corrected chi connectivity index (χ4v) is 4.43. The lowest BCUT2D eigenvalue weighted by molar-refractivity contribution is -0.126. The van der Waals surface area contributed by atoms with Crippen molar-refractivity contribution in [1.29, 1.82) is 0 Å². The highest BCUT2D eigenvalue weighted by Gasteiger charge is 2.37. The van der Waals surface area contributed by atoms with Crippen LogP contribution in [-0.2, 0) is 20.4 Å². The minimum absolute atomic E-state index is 0.00200. The number of hydrogen-bond donors (Lipinski definition) is 1. The van der Waals surface area contributed by atoms with E-state index in [-0.39, 0.29) is 11.3 Å². The molecular formula is C24H28BrNO4. The van der Waals surface area contributed by atoms with Gasteiger partial charge in [-0.25, -0.2) is 0 Å². The van der Waals surface area contributed by atoms with E-state index in [0.717, 1.165) is 28.6 Å². The molecule has 1 amide bonds. The Morgan fingerprint density at radius 3 is 2.37 bits per heavy atom. The Bertz CT molecular complexity index is 904. The summed E-state index contributed by atoms with van der Waals surface area (Å²) >= 11 is 3.51. The highest BCUT2D eigenvalue weighted by Crippen LogP contribution is 2.37. The van der Waals surface area contributed by atoms with Crippen LogP contribution in [0.2, 0.25) is 0 Å². The molecule has 6 heteroatoms. The lowest BCUT2D eigenvalue weighted by Gasteiger charge is -2.39. The lowest BCUT2D eigenvalue weighted by Crippen LogP contribution is -2.48. The van der Waals surface area contributed by atoms with Gasteiger partial charge in [0.1, 0.15) is 13.2 Å². The zero-order valence-corrected chi connectivity index (χ0v) is 19.1. The fourth-order valence-electron chi connectivity index (χ4n) is 4.17. The monoisotopic (exact) mass is 473 g/mol. The summed E-state index contributed by atoms with van der Waals surface area (Å²) in [6, 6.07) is 14.2. The van der Waals surface area contributed by atoms with Crippen molar-refractivity contribution in [2.75, 3.05) is 33.0 Å². The first-order valence-corrected chi connectivity index (χ1v) is 11.2. The highest BCUT2D eigenvalue weighted by atomic mass is 79.9. The van der Waals surface area contributed by atoms with Crippen LogP contribution in [0.4, 0.5) is 0 Å². The number of hydrogen-bond acceptors (Lipinski definition) is 4. The Hall–Kier alpha value is -2.05. The zero-order valence-electron chi connectivity index (χ0n) is 17.5. The van der Waals surface area contributed by atoms with E-state index in [1.54, 1.807) is 0 Å². The van der Waals surface area contributed by atoms with E-state index in [1.165, 1.54) is 5.56 Å². The number of benzene rings is 2. The number of carbonyl (C=O) groups is 1. The molecule has 1 N–H and O–H groups in total. The molecule has 0 aromatic heterocycles. The van der Waals surface area contributed by atoms with Gasteiger partial charge in [-0.05, 0) is 62.1 Å². The van der Waals surface area contributed by atoms with E-state index in [0.29, 0.717) is 38.7 Å². The van der Waals surface area contributed by atoms with E-state index < -0.39 is 5.41 Å². The van der Waals surface area contributed by atoms with Crippen LogP contribution >= 0.6 is 15.9 Å². The van der Waals surface area contributed by atoms with Crippen molar-refractivity contribution >= 4 is 21.8 Å². The zero-order chi connectivity index (χ0) is 21.2. The topological polar surface area (TPSA) is 56.8 Å². The molecule has 0 saturated carbocycles. The number of nitrogens with one attached hydrogen (secondary N) is 1. The van der Waals surface area contributed by atoms with E-state index in [9.17, 15) is 4.79 Å². The van der Waals surface area contributed by atoms with Crippen molar-refractivity contribution in [1.82, 2.24) is 5.32 Å². The fraction of sp³-hybridized carbons (Fsp3) is 0.458. The molecule has 2 aliphatic rings. The van der Waals surface area contributed by atoms with Gasteiger partial charge in [-0.15, -0.1) is 0 Å². The molecule has 2 heterocycles. The van der Waals surface area contributed by atoms with Crippen LogP contribution in [-0.4, -0.2) is 38.9 Å². The van der Waals surface area contributed by atoms with E-state index in [4.69, 9.17) is 14.2 Å². The number of rotatable bonds is 5. The third kappa shape index (κ3) is 4.21.